The number of hydrogen-bond donors (Lipinski definition) is 3. The van der Waals surface area contributed by atoms with Crippen LogP contribution in [0, 0.1) is 10.1 Å². The monoisotopic (exact) mass is 378 g/mol. The van der Waals surface area contributed by atoms with Crippen LogP contribution in [0.3, 0.4) is 0 Å². The van der Waals surface area contributed by atoms with E-state index in [1.807, 2.05) is 10.3 Å². The lowest BCUT2D eigenvalue weighted by Gasteiger charge is -2.09. The number of carbonyl (C=O) groups excluding carboxylic acids is 2. The molecule has 0 aliphatic rings. The Morgan fingerprint density at radius 3 is 2.23 bits per heavy atom. The van der Waals surface area contributed by atoms with Gasteiger partial charge in [0.05, 0.1) is 9.82 Å². The van der Waals surface area contributed by atoms with E-state index in [4.69, 9.17) is 0 Å². The predicted molar refractivity (Wildman–Crippen MR) is 91.6 cm³/mol. The molecule has 0 unspecified atom stereocenters. The van der Waals surface area contributed by atoms with Gasteiger partial charge in [-0.25, -0.2) is 8.42 Å². The number of nitro benzene ring substituents is 1. The molecular weight excluding hydrogens is 364 g/mol. The second-order valence-electron chi connectivity index (χ2n) is 5.04. The van der Waals surface area contributed by atoms with Crippen LogP contribution in [-0.2, 0) is 14.8 Å². The largest absolute Gasteiger partial charge is 0.326 e. The van der Waals surface area contributed by atoms with E-state index in [-0.39, 0.29) is 16.4 Å². The Balaban J connectivity index is 2.12. The van der Waals surface area contributed by atoms with E-state index < -0.39 is 26.5 Å². The second kappa shape index (κ2) is 7.72. The Labute approximate surface area is 148 Å². The van der Waals surface area contributed by atoms with Crippen molar-refractivity contribution in [3.05, 3.63) is 64.2 Å². The van der Waals surface area contributed by atoms with Gasteiger partial charge in [-0.1, -0.05) is 12.1 Å². The zero-order valence-electron chi connectivity index (χ0n) is 13.4. The second-order valence-corrected chi connectivity index (χ2v) is 6.72. The molecule has 0 fully saturated rings. The highest BCUT2D eigenvalue weighted by Crippen LogP contribution is 2.17. The molecule has 3 N–H and O–H groups in total. The van der Waals surface area contributed by atoms with Crippen LogP contribution in [0.4, 0.5) is 11.4 Å². The molecule has 2 aromatic carbocycles. The van der Waals surface area contributed by atoms with Gasteiger partial charge in [-0.2, -0.15) is 0 Å². The minimum Gasteiger partial charge on any atom is -0.326 e. The van der Waals surface area contributed by atoms with Gasteiger partial charge in [-0.05, 0) is 30.3 Å². The Morgan fingerprint density at radius 2 is 1.65 bits per heavy atom. The highest BCUT2D eigenvalue weighted by Gasteiger charge is 2.21. The number of hydrogen-bond acceptors (Lipinski definition) is 6. The molecule has 10 nitrogen and oxygen atoms in total. The summed E-state index contributed by atoms with van der Waals surface area (Å²) in [6.07, 6.45) is 0. The molecule has 0 bridgehead atoms. The topological polar surface area (TPSA) is 148 Å². The summed E-state index contributed by atoms with van der Waals surface area (Å²) in [6, 6.07) is 10.3. The number of nitrogens with zero attached hydrogens (tertiary/aromatic N) is 1. The fraction of sp³-hybridized carbons (Fsp3) is 0.0667. The number of nitro groups is 1. The molecule has 26 heavy (non-hydrogen) atoms. The van der Waals surface area contributed by atoms with Crippen LogP contribution in [0.15, 0.2) is 53.4 Å². The first-order valence-electron chi connectivity index (χ1n) is 7.14. The molecule has 11 heteroatoms. The van der Waals surface area contributed by atoms with E-state index >= 15 is 0 Å². The molecule has 0 aromatic heterocycles. The number of hydrazine groups is 1. The number of benzene rings is 2. The summed E-state index contributed by atoms with van der Waals surface area (Å²) in [5.74, 6) is -1.29. The van der Waals surface area contributed by atoms with Gasteiger partial charge in [0.1, 0.15) is 5.56 Å². The van der Waals surface area contributed by atoms with Crippen molar-refractivity contribution in [2.24, 2.45) is 0 Å². The first-order valence-corrected chi connectivity index (χ1v) is 8.62. The summed E-state index contributed by atoms with van der Waals surface area (Å²) in [4.78, 5) is 34.8. The van der Waals surface area contributed by atoms with Crippen molar-refractivity contribution >= 4 is 33.2 Å². The maximum Gasteiger partial charge on any atom is 0.282 e. The number of sulfonamides is 1. The fourth-order valence-electron chi connectivity index (χ4n) is 1.99. The third kappa shape index (κ3) is 4.62. The Kier molecular flexibility index (Phi) is 5.64. The van der Waals surface area contributed by atoms with Crippen LogP contribution in [0.25, 0.3) is 0 Å². The van der Waals surface area contributed by atoms with Gasteiger partial charge in [-0.3, -0.25) is 25.1 Å². The zero-order chi connectivity index (χ0) is 19.3. The molecule has 136 valence electrons. The molecule has 2 aromatic rings. The summed E-state index contributed by atoms with van der Waals surface area (Å²) in [6.45, 7) is 1.31. The highest BCUT2D eigenvalue weighted by atomic mass is 32.2. The number of carbonyl (C=O) groups is 2. The van der Waals surface area contributed by atoms with E-state index in [0.29, 0.717) is 5.69 Å². The van der Waals surface area contributed by atoms with Crippen molar-refractivity contribution in [2.75, 3.05) is 5.32 Å². The van der Waals surface area contributed by atoms with E-state index in [1.54, 1.807) is 0 Å². The molecular formula is C15H14N4O6S. The number of anilines is 1. The van der Waals surface area contributed by atoms with Crippen molar-refractivity contribution in [3.8, 4) is 0 Å². The third-order valence-electron chi connectivity index (χ3n) is 3.13. The maximum absolute atomic E-state index is 12.2. The molecule has 0 spiro atoms. The SMILES string of the molecule is CC(=O)Nc1ccc(S(=O)(=O)NNC(=O)c2ccccc2[N+](=O)[O-])cc1. The number of amides is 2. The van der Waals surface area contributed by atoms with E-state index in [9.17, 15) is 28.1 Å². The Hall–Kier alpha value is -3.31. The van der Waals surface area contributed by atoms with Crippen LogP contribution in [0.5, 0.6) is 0 Å². The molecule has 0 saturated heterocycles. The lowest BCUT2D eigenvalue weighted by Crippen LogP contribution is -2.41. The molecule has 0 heterocycles. The quantitative estimate of drug-likeness (QED) is 0.508. The van der Waals surface area contributed by atoms with Gasteiger partial charge in [-0.15, -0.1) is 4.83 Å². The lowest BCUT2D eigenvalue weighted by atomic mass is 10.2. The molecule has 2 amide bonds. The van der Waals surface area contributed by atoms with Gasteiger partial charge in [0.25, 0.3) is 21.6 Å². The fourth-order valence-corrected chi connectivity index (χ4v) is 2.82. The van der Waals surface area contributed by atoms with Crippen LogP contribution in [0.1, 0.15) is 17.3 Å². The lowest BCUT2D eigenvalue weighted by molar-refractivity contribution is -0.385. The van der Waals surface area contributed by atoms with Crippen molar-refractivity contribution in [2.45, 2.75) is 11.8 Å². The highest BCUT2D eigenvalue weighted by molar-refractivity contribution is 7.89. The number of nitrogens with one attached hydrogen (secondary N) is 3. The van der Waals surface area contributed by atoms with Crippen LogP contribution in [0.2, 0.25) is 0 Å². The smallest absolute Gasteiger partial charge is 0.282 e. The van der Waals surface area contributed by atoms with Crippen molar-refractivity contribution in [1.82, 2.24) is 10.3 Å². The minimum absolute atomic E-state index is 0.172. The zero-order valence-corrected chi connectivity index (χ0v) is 14.2. The maximum atomic E-state index is 12.2. The van der Waals surface area contributed by atoms with Crippen molar-refractivity contribution in [3.63, 3.8) is 0 Å². The summed E-state index contributed by atoms with van der Waals surface area (Å²) >= 11 is 0. The van der Waals surface area contributed by atoms with E-state index in [1.165, 1.54) is 49.4 Å². The number of rotatable bonds is 6. The van der Waals surface area contributed by atoms with E-state index in [0.717, 1.165) is 6.07 Å². The third-order valence-corrected chi connectivity index (χ3v) is 4.39. The molecule has 0 saturated carbocycles. The van der Waals surface area contributed by atoms with Gasteiger partial charge in [0.15, 0.2) is 0 Å². The first-order chi connectivity index (χ1) is 12.2. The standard InChI is InChI=1S/C15H14N4O6S/c1-10(20)16-11-6-8-12(9-7-11)26(24,25)18-17-15(21)13-4-2-3-5-14(13)19(22)23/h2-9,18H,1H3,(H,16,20)(H,17,21). The number of para-hydroxylation sites is 1. The van der Waals surface area contributed by atoms with Gasteiger partial charge in [0, 0.05) is 18.7 Å². The van der Waals surface area contributed by atoms with Crippen LogP contribution < -0.4 is 15.6 Å². The molecule has 0 atom stereocenters. The van der Waals surface area contributed by atoms with Gasteiger partial charge in [0.2, 0.25) is 5.91 Å². The summed E-state index contributed by atoms with van der Waals surface area (Å²) in [7, 11) is -4.11. The normalized spacial score (nSPS) is 10.8. The van der Waals surface area contributed by atoms with Crippen LogP contribution in [-0.4, -0.2) is 25.2 Å². The van der Waals surface area contributed by atoms with Gasteiger partial charge < -0.3 is 5.32 Å². The Bertz CT molecular complexity index is 956. The van der Waals surface area contributed by atoms with E-state index in [2.05, 4.69) is 5.32 Å². The average molecular weight is 378 g/mol. The van der Waals surface area contributed by atoms with Crippen molar-refractivity contribution < 1.29 is 22.9 Å². The van der Waals surface area contributed by atoms with Gasteiger partial charge >= 0.3 is 0 Å². The first kappa shape index (κ1) is 19.0. The molecule has 0 radical (unpaired) electrons. The predicted octanol–water partition coefficient (Wildman–Crippen LogP) is 1.18. The molecule has 2 rings (SSSR count). The Morgan fingerprint density at radius 1 is 1.04 bits per heavy atom. The summed E-state index contributed by atoms with van der Waals surface area (Å²) in [5, 5.41) is 13.4. The minimum atomic E-state index is -4.11. The average Bonchev–Trinajstić information content (AvgIpc) is 2.59. The molecule has 0 aliphatic heterocycles. The van der Waals surface area contributed by atoms with Crippen molar-refractivity contribution in [1.29, 1.82) is 0 Å². The van der Waals surface area contributed by atoms with Crippen LogP contribution >= 0.6 is 0 Å². The summed E-state index contributed by atoms with van der Waals surface area (Å²) in [5.41, 5.74) is 1.59. The summed E-state index contributed by atoms with van der Waals surface area (Å²) < 4.78 is 24.3. The molecule has 0 aliphatic carbocycles.